The summed E-state index contributed by atoms with van der Waals surface area (Å²) in [5.74, 6) is 0. The van der Waals surface area contributed by atoms with E-state index in [1.807, 2.05) is 0 Å². The quantitative estimate of drug-likeness (QED) is 0.638. The molecule has 0 unspecified atom stereocenters. The molecule has 0 bridgehead atoms. The first-order chi connectivity index (χ1) is 6.65. The van der Waals surface area contributed by atoms with Crippen molar-refractivity contribution in [3.8, 4) is 0 Å². The number of hydrogen-bond donors (Lipinski definition) is 2. The molecule has 5 nitrogen and oxygen atoms in total. The van der Waals surface area contributed by atoms with E-state index in [4.69, 9.17) is 5.73 Å². The van der Waals surface area contributed by atoms with Gasteiger partial charge in [0.25, 0.3) is 5.69 Å². The van der Waals surface area contributed by atoms with Crippen molar-refractivity contribution >= 4 is 27.3 Å². The summed E-state index contributed by atoms with van der Waals surface area (Å²) >= 11 is 3.24. The molecule has 0 saturated heterocycles. The largest absolute Gasteiger partial charge is 0.378 e. The monoisotopic (exact) mass is 259 g/mol. The van der Waals surface area contributed by atoms with Crippen molar-refractivity contribution in [2.75, 3.05) is 18.4 Å². The molecule has 0 aliphatic rings. The molecular weight excluding hydrogens is 250 g/mol. The van der Waals surface area contributed by atoms with Gasteiger partial charge in [0, 0.05) is 23.6 Å². The normalized spacial score (nSPS) is 9.86. The van der Waals surface area contributed by atoms with E-state index in [2.05, 4.69) is 21.2 Å². The molecule has 0 aromatic heterocycles. The fourth-order valence-electron chi connectivity index (χ4n) is 1.02. The minimum Gasteiger partial charge on any atom is -0.378 e. The zero-order valence-electron chi connectivity index (χ0n) is 7.37. The van der Waals surface area contributed by atoms with Gasteiger partial charge in [-0.15, -0.1) is 0 Å². The first-order valence-electron chi connectivity index (χ1n) is 4.03. The van der Waals surface area contributed by atoms with Gasteiger partial charge in [-0.25, -0.2) is 0 Å². The number of nitro benzene ring substituents is 1. The lowest BCUT2D eigenvalue weighted by Crippen LogP contribution is -2.13. The molecule has 0 aliphatic carbocycles. The van der Waals surface area contributed by atoms with E-state index in [0.717, 1.165) is 4.47 Å². The molecule has 1 aromatic rings. The minimum absolute atomic E-state index is 0.0571. The van der Waals surface area contributed by atoms with Gasteiger partial charge >= 0.3 is 0 Å². The summed E-state index contributed by atoms with van der Waals surface area (Å²) in [6, 6.07) is 4.74. The summed E-state index contributed by atoms with van der Waals surface area (Å²) in [4.78, 5) is 10.2. The van der Waals surface area contributed by atoms with Crippen molar-refractivity contribution in [2.45, 2.75) is 0 Å². The Morgan fingerprint density at radius 3 is 2.86 bits per heavy atom. The summed E-state index contributed by atoms with van der Waals surface area (Å²) in [7, 11) is 0. The zero-order chi connectivity index (χ0) is 10.6. The molecule has 0 fully saturated rings. The summed E-state index contributed by atoms with van der Waals surface area (Å²) in [6.07, 6.45) is 0. The average molecular weight is 260 g/mol. The van der Waals surface area contributed by atoms with Gasteiger partial charge in [0.2, 0.25) is 0 Å². The molecule has 0 heterocycles. The van der Waals surface area contributed by atoms with E-state index in [9.17, 15) is 10.1 Å². The maximum atomic E-state index is 10.6. The van der Waals surface area contributed by atoms with Crippen LogP contribution in [0.2, 0.25) is 0 Å². The zero-order valence-corrected chi connectivity index (χ0v) is 8.95. The average Bonchev–Trinajstić information content (AvgIpc) is 2.14. The van der Waals surface area contributed by atoms with Crippen LogP contribution >= 0.6 is 15.9 Å². The molecule has 0 saturated carbocycles. The van der Waals surface area contributed by atoms with Crippen LogP contribution in [-0.2, 0) is 0 Å². The van der Waals surface area contributed by atoms with E-state index in [1.165, 1.54) is 6.07 Å². The smallest absolute Gasteiger partial charge is 0.292 e. The number of nitro groups is 1. The molecule has 0 spiro atoms. The first-order valence-corrected chi connectivity index (χ1v) is 4.82. The number of nitrogens with zero attached hydrogens (tertiary/aromatic N) is 1. The predicted molar refractivity (Wildman–Crippen MR) is 58.3 cm³/mol. The SMILES string of the molecule is NCCNc1cc(Br)ccc1[N+](=O)[O-]. The standard InChI is InChI=1S/C8H10BrN3O2/c9-6-1-2-8(12(13)14)7(5-6)11-4-3-10/h1-2,5,11H,3-4,10H2. The van der Waals surface area contributed by atoms with Gasteiger partial charge < -0.3 is 11.1 Å². The molecule has 0 amide bonds. The third kappa shape index (κ3) is 2.68. The second-order valence-electron chi connectivity index (χ2n) is 2.63. The van der Waals surface area contributed by atoms with Crippen molar-refractivity contribution < 1.29 is 4.92 Å². The number of nitrogens with two attached hydrogens (primary N) is 1. The number of rotatable bonds is 4. The van der Waals surface area contributed by atoms with Gasteiger partial charge in [-0.2, -0.15) is 0 Å². The maximum Gasteiger partial charge on any atom is 0.292 e. The molecule has 6 heteroatoms. The second-order valence-corrected chi connectivity index (χ2v) is 3.55. The highest BCUT2D eigenvalue weighted by Gasteiger charge is 2.12. The summed E-state index contributed by atoms with van der Waals surface area (Å²) < 4.78 is 0.794. The van der Waals surface area contributed by atoms with Crippen LogP contribution in [0.15, 0.2) is 22.7 Å². The molecule has 1 rings (SSSR count). The van der Waals surface area contributed by atoms with E-state index in [-0.39, 0.29) is 5.69 Å². The Kier molecular flexibility index (Phi) is 3.84. The Bertz CT molecular complexity index is 343. The van der Waals surface area contributed by atoms with Crippen molar-refractivity contribution in [3.05, 3.63) is 32.8 Å². The number of anilines is 1. The number of benzene rings is 1. The highest BCUT2D eigenvalue weighted by Crippen LogP contribution is 2.27. The maximum absolute atomic E-state index is 10.6. The Labute approximate surface area is 89.6 Å². The Morgan fingerprint density at radius 1 is 1.57 bits per heavy atom. The van der Waals surface area contributed by atoms with E-state index < -0.39 is 4.92 Å². The molecule has 14 heavy (non-hydrogen) atoms. The Morgan fingerprint density at radius 2 is 2.29 bits per heavy atom. The van der Waals surface area contributed by atoms with Crippen LogP contribution in [0.4, 0.5) is 11.4 Å². The first kappa shape index (κ1) is 10.9. The third-order valence-corrected chi connectivity index (χ3v) is 2.11. The van der Waals surface area contributed by atoms with Crippen LogP contribution in [0, 0.1) is 10.1 Å². The lowest BCUT2D eigenvalue weighted by molar-refractivity contribution is -0.384. The van der Waals surface area contributed by atoms with Crippen LogP contribution in [0.3, 0.4) is 0 Å². The van der Waals surface area contributed by atoms with Gasteiger partial charge in [0.05, 0.1) is 4.92 Å². The topological polar surface area (TPSA) is 81.2 Å². The van der Waals surface area contributed by atoms with Crippen molar-refractivity contribution in [3.63, 3.8) is 0 Å². The van der Waals surface area contributed by atoms with Crippen molar-refractivity contribution in [1.29, 1.82) is 0 Å². The fourth-order valence-corrected chi connectivity index (χ4v) is 1.38. The number of hydrogen-bond acceptors (Lipinski definition) is 4. The van der Waals surface area contributed by atoms with Crippen LogP contribution < -0.4 is 11.1 Å². The highest BCUT2D eigenvalue weighted by atomic mass is 79.9. The molecule has 3 N–H and O–H groups in total. The number of halogens is 1. The van der Waals surface area contributed by atoms with E-state index >= 15 is 0 Å². The fraction of sp³-hybridized carbons (Fsp3) is 0.250. The third-order valence-electron chi connectivity index (χ3n) is 1.62. The lowest BCUT2D eigenvalue weighted by atomic mass is 10.2. The Hall–Kier alpha value is -1.14. The number of nitrogens with one attached hydrogen (secondary N) is 1. The molecule has 1 aromatic carbocycles. The van der Waals surface area contributed by atoms with Gasteiger partial charge in [0.15, 0.2) is 0 Å². The second kappa shape index (κ2) is 4.92. The van der Waals surface area contributed by atoms with Crippen molar-refractivity contribution in [1.82, 2.24) is 0 Å². The summed E-state index contributed by atoms with van der Waals surface area (Å²) in [6.45, 7) is 0.945. The van der Waals surface area contributed by atoms with Crippen LogP contribution in [0.1, 0.15) is 0 Å². The van der Waals surface area contributed by atoms with Gasteiger partial charge in [-0.1, -0.05) is 15.9 Å². The summed E-state index contributed by atoms with van der Waals surface area (Å²) in [5.41, 5.74) is 5.83. The predicted octanol–water partition coefficient (Wildman–Crippen LogP) is 1.73. The Balaban J connectivity index is 2.97. The lowest BCUT2D eigenvalue weighted by Gasteiger charge is -2.05. The van der Waals surface area contributed by atoms with E-state index in [1.54, 1.807) is 12.1 Å². The van der Waals surface area contributed by atoms with Crippen molar-refractivity contribution in [2.24, 2.45) is 5.73 Å². The minimum atomic E-state index is -0.425. The van der Waals surface area contributed by atoms with Gasteiger partial charge in [-0.3, -0.25) is 10.1 Å². The van der Waals surface area contributed by atoms with E-state index in [0.29, 0.717) is 18.8 Å². The van der Waals surface area contributed by atoms with Crippen LogP contribution in [0.25, 0.3) is 0 Å². The van der Waals surface area contributed by atoms with Crippen LogP contribution in [-0.4, -0.2) is 18.0 Å². The molecule has 0 atom stereocenters. The van der Waals surface area contributed by atoms with Gasteiger partial charge in [0.1, 0.15) is 5.69 Å². The van der Waals surface area contributed by atoms with Gasteiger partial charge in [-0.05, 0) is 12.1 Å². The molecule has 76 valence electrons. The molecule has 0 aliphatic heterocycles. The summed E-state index contributed by atoms with van der Waals surface area (Å²) in [5, 5.41) is 13.5. The van der Waals surface area contributed by atoms with Crippen LogP contribution in [0.5, 0.6) is 0 Å². The molecular formula is C8H10BrN3O2. The molecule has 0 radical (unpaired) electrons. The highest BCUT2D eigenvalue weighted by molar-refractivity contribution is 9.10.